The molecule has 1 atom stereocenters. The van der Waals surface area contributed by atoms with Gasteiger partial charge in [0.1, 0.15) is 12.1 Å². The molecule has 1 aliphatic rings. The fourth-order valence-electron chi connectivity index (χ4n) is 1.91. The van der Waals surface area contributed by atoms with Gasteiger partial charge in [-0.05, 0) is 13.3 Å². The van der Waals surface area contributed by atoms with Gasteiger partial charge in [-0.25, -0.2) is 14.5 Å². The van der Waals surface area contributed by atoms with Crippen molar-refractivity contribution < 1.29 is 19.5 Å². The predicted molar refractivity (Wildman–Crippen MR) is 55.8 cm³/mol. The zero-order valence-corrected chi connectivity index (χ0v) is 9.69. The number of imide groups is 1. The Morgan fingerprint density at radius 2 is 2.06 bits per heavy atom. The van der Waals surface area contributed by atoms with Gasteiger partial charge < -0.3 is 10.0 Å². The second-order valence-electron chi connectivity index (χ2n) is 4.20. The molecule has 90 valence electrons. The molecule has 0 aliphatic carbocycles. The molecule has 3 amide bonds. The molecule has 1 saturated heterocycles. The number of nitrogens with zero attached hydrogens (tertiary/aromatic N) is 2. The molecule has 1 rings (SSSR count). The maximum Gasteiger partial charge on any atom is 0.329 e. The SMILES string of the molecule is CCCC(C)(C(=O)O)N1C(=O)CN(C)C1=O. The number of carboxylic acid groups (broad SMARTS) is 1. The Morgan fingerprint density at radius 1 is 1.50 bits per heavy atom. The summed E-state index contributed by atoms with van der Waals surface area (Å²) in [6.45, 7) is 3.18. The van der Waals surface area contributed by atoms with Crippen molar-refractivity contribution in [3.8, 4) is 0 Å². The summed E-state index contributed by atoms with van der Waals surface area (Å²) >= 11 is 0. The summed E-state index contributed by atoms with van der Waals surface area (Å²) in [6, 6.07) is -0.539. The van der Waals surface area contributed by atoms with E-state index in [0.29, 0.717) is 6.42 Å². The van der Waals surface area contributed by atoms with E-state index in [2.05, 4.69) is 0 Å². The van der Waals surface area contributed by atoms with Gasteiger partial charge in [-0.2, -0.15) is 0 Å². The molecule has 1 unspecified atom stereocenters. The van der Waals surface area contributed by atoms with Crippen molar-refractivity contribution in [1.82, 2.24) is 9.80 Å². The average molecular weight is 228 g/mol. The summed E-state index contributed by atoms with van der Waals surface area (Å²) in [4.78, 5) is 36.6. The zero-order chi connectivity index (χ0) is 12.5. The van der Waals surface area contributed by atoms with Crippen LogP contribution in [0.5, 0.6) is 0 Å². The number of urea groups is 1. The molecule has 0 aromatic carbocycles. The minimum absolute atomic E-state index is 0.0502. The molecular weight excluding hydrogens is 212 g/mol. The maximum atomic E-state index is 11.7. The topological polar surface area (TPSA) is 77.9 Å². The van der Waals surface area contributed by atoms with E-state index in [9.17, 15) is 19.5 Å². The van der Waals surface area contributed by atoms with Crippen molar-refractivity contribution in [1.29, 1.82) is 0 Å². The zero-order valence-electron chi connectivity index (χ0n) is 9.69. The summed E-state index contributed by atoms with van der Waals surface area (Å²) < 4.78 is 0. The molecule has 0 aromatic rings. The van der Waals surface area contributed by atoms with Crippen LogP contribution in [0.4, 0.5) is 4.79 Å². The summed E-state index contributed by atoms with van der Waals surface area (Å²) in [6.07, 6.45) is 0.844. The van der Waals surface area contributed by atoms with Crippen LogP contribution in [0.15, 0.2) is 0 Å². The van der Waals surface area contributed by atoms with Crippen LogP contribution in [0.1, 0.15) is 26.7 Å². The molecule has 1 heterocycles. The summed E-state index contributed by atoms with van der Waals surface area (Å²) in [5, 5.41) is 9.18. The fraction of sp³-hybridized carbons (Fsp3) is 0.700. The highest BCUT2D eigenvalue weighted by Crippen LogP contribution is 2.26. The van der Waals surface area contributed by atoms with E-state index in [0.717, 1.165) is 4.90 Å². The van der Waals surface area contributed by atoms with Crippen LogP contribution < -0.4 is 0 Å². The normalized spacial score (nSPS) is 20.2. The van der Waals surface area contributed by atoms with Crippen molar-refractivity contribution in [2.24, 2.45) is 0 Å². The lowest BCUT2D eigenvalue weighted by molar-refractivity contribution is -0.153. The van der Waals surface area contributed by atoms with Crippen molar-refractivity contribution in [3.05, 3.63) is 0 Å². The van der Waals surface area contributed by atoms with E-state index in [1.807, 2.05) is 6.92 Å². The molecule has 6 heteroatoms. The van der Waals surface area contributed by atoms with Gasteiger partial charge in [-0.3, -0.25) is 4.79 Å². The van der Waals surface area contributed by atoms with Crippen LogP contribution >= 0.6 is 0 Å². The van der Waals surface area contributed by atoms with Gasteiger partial charge in [0.15, 0.2) is 0 Å². The Bertz CT molecular complexity index is 342. The van der Waals surface area contributed by atoms with E-state index in [-0.39, 0.29) is 13.0 Å². The molecular formula is C10H16N2O4. The number of hydrogen-bond donors (Lipinski definition) is 1. The molecule has 0 bridgehead atoms. The molecule has 16 heavy (non-hydrogen) atoms. The van der Waals surface area contributed by atoms with Gasteiger partial charge in [0.05, 0.1) is 0 Å². The van der Waals surface area contributed by atoms with E-state index in [1.54, 1.807) is 0 Å². The first-order chi connectivity index (χ1) is 7.34. The highest BCUT2D eigenvalue weighted by molar-refractivity contribution is 6.06. The largest absolute Gasteiger partial charge is 0.479 e. The Kier molecular flexibility index (Phi) is 3.21. The van der Waals surface area contributed by atoms with E-state index in [1.165, 1.54) is 18.9 Å². The van der Waals surface area contributed by atoms with Gasteiger partial charge >= 0.3 is 12.0 Å². The third kappa shape index (κ3) is 1.75. The van der Waals surface area contributed by atoms with Crippen molar-refractivity contribution >= 4 is 17.9 Å². The second kappa shape index (κ2) is 4.11. The van der Waals surface area contributed by atoms with Gasteiger partial charge in [-0.15, -0.1) is 0 Å². The highest BCUT2D eigenvalue weighted by atomic mass is 16.4. The van der Waals surface area contributed by atoms with Crippen LogP contribution in [0.3, 0.4) is 0 Å². The lowest BCUT2D eigenvalue weighted by Gasteiger charge is -2.32. The average Bonchev–Trinajstić information content (AvgIpc) is 2.41. The van der Waals surface area contributed by atoms with E-state index in [4.69, 9.17) is 0 Å². The minimum Gasteiger partial charge on any atom is -0.479 e. The van der Waals surface area contributed by atoms with Crippen LogP contribution in [0.2, 0.25) is 0 Å². The first kappa shape index (κ1) is 12.5. The van der Waals surface area contributed by atoms with Gasteiger partial charge in [0.2, 0.25) is 0 Å². The smallest absolute Gasteiger partial charge is 0.329 e. The Hall–Kier alpha value is -1.59. The number of carbonyl (C=O) groups is 3. The second-order valence-corrected chi connectivity index (χ2v) is 4.20. The number of likely N-dealkylation sites (N-methyl/N-ethyl adjacent to an activating group) is 1. The molecule has 0 spiro atoms. The Morgan fingerprint density at radius 3 is 2.38 bits per heavy atom. The summed E-state index contributed by atoms with van der Waals surface area (Å²) in [5.74, 6) is -1.60. The maximum absolute atomic E-state index is 11.7. The van der Waals surface area contributed by atoms with Crippen LogP contribution in [-0.4, -0.2) is 51.9 Å². The highest BCUT2D eigenvalue weighted by Gasteiger charge is 2.49. The predicted octanol–water partition coefficient (Wildman–Crippen LogP) is 0.524. The molecule has 0 saturated carbocycles. The lowest BCUT2D eigenvalue weighted by atomic mass is 9.94. The molecule has 1 aliphatic heterocycles. The van der Waals surface area contributed by atoms with Crippen molar-refractivity contribution in [2.45, 2.75) is 32.2 Å². The standard InChI is InChI=1S/C10H16N2O4/c1-4-5-10(2,8(14)15)12-7(13)6-11(3)9(12)16/h4-6H2,1-3H3,(H,14,15). The number of amides is 3. The minimum atomic E-state index is -1.44. The summed E-state index contributed by atoms with van der Waals surface area (Å²) in [5.41, 5.74) is -1.44. The van der Waals surface area contributed by atoms with Crippen molar-refractivity contribution in [3.63, 3.8) is 0 Å². The van der Waals surface area contributed by atoms with Crippen LogP contribution in [0.25, 0.3) is 0 Å². The Labute approximate surface area is 93.8 Å². The van der Waals surface area contributed by atoms with E-state index >= 15 is 0 Å². The number of hydrogen-bond acceptors (Lipinski definition) is 3. The Balaban J connectivity index is 3.08. The molecule has 6 nitrogen and oxygen atoms in total. The first-order valence-electron chi connectivity index (χ1n) is 5.16. The van der Waals surface area contributed by atoms with Gasteiger partial charge in [0.25, 0.3) is 5.91 Å². The fourth-order valence-corrected chi connectivity index (χ4v) is 1.91. The van der Waals surface area contributed by atoms with Crippen molar-refractivity contribution in [2.75, 3.05) is 13.6 Å². The van der Waals surface area contributed by atoms with Crippen LogP contribution in [0, 0.1) is 0 Å². The number of carboxylic acids is 1. The summed E-state index contributed by atoms with van der Waals surface area (Å²) in [7, 11) is 1.48. The molecule has 0 aromatic heterocycles. The third-order valence-electron chi connectivity index (χ3n) is 2.83. The number of rotatable bonds is 4. The lowest BCUT2D eigenvalue weighted by Crippen LogP contribution is -2.55. The molecule has 1 N–H and O–H groups in total. The first-order valence-corrected chi connectivity index (χ1v) is 5.16. The van der Waals surface area contributed by atoms with Crippen LogP contribution in [-0.2, 0) is 9.59 Å². The molecule has 1 fully saturated rings. The number of carbonyl (C=O) groups excluding carboxylic acids is 2. The monoisotopic (exact) mass is 228 g/mol. The molecule has 0 radical (unpaired) electrons. The van der Waals surface area contributed by atoms with Gasteiger partial charge in [0, 0.05) is 7.05 Å². The number of aliphatic carboxylic acids is 1. The quantitative estimate of drug-likeness (QED) is 0.712. The third-order valence-corrected chi connectivity index (χ3v) is 2.83. The van der Waals surface area contributed by atoms with E-state index < -0.39 is 23.4 Å². The van der Waals surface area contributed by atoms with Gasteiger partial charge in [-0.1, -0.05) is 13.3 Å².